The van der Waals surface area contributed by atoms with Crippen LogP contribution in [0, 0.1) is 34.5 Å². The number of aromatic nitrogens is 3. The summed E-state index contributed by atoms with van der Waals surface area (Å²) in [6.07, 6.45) is 0.193. The minimum absolute atomic E-state index is 0.110. The summed E-state index contributed by atoms with van der Waals surface area (Å²) in [7, 11) is 1.71. The number of thiophene rings is 1. The first-order valence-electron chi connectivity index (χ1n) is 16.9. The van der Waals surface area contributed by atoms with Gasteiger partial charge in [-0.2, -0.15) is 18.4 Å². The van der Waals surface area contributed by atoms with Gasteiger partial charge in [-0.1, -0.05) is 13.0 Å². The summed E-state index contributed by atoms with van der Waals surface area (Å²) < 4.78 is 41.8. The fraction of sp³-hybridized carbons (Fsp3) is 0.556. The Morgan fingerprint density at radius 2 is 1.88 bits per heavy atom. The molecule has 3 aliphatic carbocycles. The quantitative estimate of drug-likeness (QED) is 0.229. The summed E-state index contributed by atoms with van der Waals surface area (Å²) in [5.41, 5.74) is 4.26. The molecule has 1 spiro atoms. The molecule has 3 aromatic heterocycles. The van der Waals surface area contributed by atoms with Gasteiger partial charge in [0.25, 0.3) is 0 Å². The Bertz CT molecular complexity index is 1990. The molecule has 2 saturated heterocycles. The average Bonchev–Trinajstić information content (AvgIpc) is 3.79. The second-order valence-corrected chi connectivity index (χ2v) is 16.2. The normalized spacial score (nSPS) is 26.7. The number of nitriles is 1. The van der Waals surface area contributed by atoms with Crippen molar-refractivity contribution in [2.75, 3.05) is 38.1 Å². The molecular formula is C36H40F3N7OS. The van der Waals surface area contributed by atoms with Gasteiger partial charge in [0.2, 0.25) is 5.91 Å². The first-order valence-corrected chi connectivity index (χ1v) is 17.8. The molecule has 5 fully saturated rings. The standard InChI is InChI=1S/C36H40F3N7OS/c1-4-29-42-30(27-12-25(13-36(37,38)39)48-31(27)43-29)45-10-8-33(20-45)7-9-44(19-33)15-23-5-6-28-26(22(23)2)11-24(14-40)46(28)21-34-16-35(17-34,18-34)32(47)41-3/h5-6,11-12H,4,7-10,13,15-21H2,1-3H3,(H,41,47). The Kier molecular flexibility index (Phi) is 7.17. The molecule has 1 unspecified atom stereocenters. The maximum atomic E-state index is 13.2. The van der Waals surface area contributed by atoms with Gasteiger partial charge in [0.15, 0.2) is 0 Å². The Morgan fingerprint density at radius 3 is 2.58 bits per heavy atom. The van der Waals surface area contributed by atoms with Crippen molar-refractivity contribution in [3.8, 4) is 6.07 Å². The van der Waals surface area contributed by atoms with E-state index in [1.165, 1.54) is 11.1 Å². The molecule has 2 aliphatic heterocycles. The largest absolute Gasteiger partial charge is 0.393 e. The van der Waals surface area contributed by atoms with Gasteiger partial charge in [-0.15, -0.1) is 11.3 Å². The minimum atomic E-state index is -4.26. The van der Waals surface area contributed by atoms with E-state index in [2.05, 4.69) is 49.8 Å². The number of hydrogen-bond donors (Lipinski definition) is 1. The van der Waals surface area contributed by atoms with Gasteiger partial charge in [0.1, 0.15) is 28.2 Å². The summed E-state index contributed by atoms with van der Waals surface area (Å²) >= 11 is 1.13. The third-order valence-corrected chi connectivity index (χ3v) is 12.8. The molecule has 12 heteroatoms. The number of fused-ring (bicyclic) bond motifs is 2. The second-order valence-electron chi connectivity index (χ2n) is 15.1. The van der Waals surface area contributed by atoms with E-state index >= 15 is 0 Å². The van der Waals surface area contributed by atoms with Gasteiger partial charge < -0.3 is 14.8 Å². The fourth-order valence-corrected chi connectivity index (χ4v) is 10.6. The topological polar surface area (TPSA) is 90.1 Å². The van der Waals surface area contributed by atoms with Gasteiger partial charge in [0.05, 0.1) is 17.2 Å². The number of aryl methyl sites for hydroxylation is 2. The third-order valence-electron chi connectivity index (χ3n) is 11.7. The summed E-state index contributed by atoms with van der Waals surface area (Å²) in [5, 5.41) is 14.7. The van der Waals surface area contributed by atoms with Crippen molar-refractivity contribution < 1.29 is 18.0 Å². The zero-order valence-electron chi connectivity index (χ0n) is 27.6. The molecule has 48 heavy (non-hydrogen) atoms. The van der Waals surface area contributed by atoms with Crippen molar-refractivity contribution in [1.29, 1.82) is 5.26 Å². The van der Waals surface area contributed by atoms with E-state index in [0.717, 1.165) is 105 Å². The molecule has 3 saturated carbocycles. The van der Waals surface area contributed by atoms with Crippen LogP contribution in [0.15, 0.2) is 24.3 Å². The first kappa shape index (κ1) is 31.6. The number of hydrogen-bond acceptors (Lipinski definition) is 7. The molecule has 5 aliphatic rings. The Labute approximate surface area is 281 Å². The van der Waals surface area contributed by atoms with Crippen LogP contribution in [0.5, 0.6) is 0 Å². The maximum absolute atomic E-state index is 13.2. The lowest BCUT2D eigenvalue weighted by Crippen LogP contribution is -2.68. The number of amides is 1. The van der Waals surface area contributed by atoms with Crippen LogP contribution in [-0.2, 0) is 30.7 Å². The Morgan fingerprint density at radius 1 is 1.10 bits per heavy atom. The fourth-order valence-electron chi connectivity index (χ4n) is 9.50. The van der Waals surface area contributed by atoms with E-state index in [1.807, 2.05) is 13.0 Å². The summed E-state index contributed by atoms with van der Waals surface area (Å²) in [6.45, 7) is 9.34. The summed E-state index contributed by atoms with van der Waals surface area (Å²) in [5.74, 6) is 1.59. The number of halogens is 3. The predicted octanol–water partition coefficient (Wildman–Crippen LogP) is 6.51. The zero-order valence-corrected chi connectivity index (χ0v) is 28.5. The number of carbonyl (C=O) groups excluding carboxylic acids is 1. The van der Waals surface area contributed by atoms with Crippen LogP contribution in [0.3, 0.4) is 0 Å². The molecule has 1 N–H and O–H groups in total. The van der Waals surface area contributed by atoms with Gasteiger partial charge >= 0.3 is 6.18 Å². The van der Waals surface area contributed by atoms with Crippen LogP contribution < -0.4 is 10.2 Å². The lowest BCUT2D eigenvalue weighted by atomic mass is 9.35. The van der Waals surface area contributed by atoms with E-state index in [9.17, 15) is 23.2 Å². The molecule has 252 valence electrons. The number of rotatable bonds is 8. The average molecular weight is 676 g/mol. The van der Waals surface area contributed by atoms with Gasteiger partial charge in [-0.25, -0.2) is 9.97 Å². The number of nitrogens with zero attached hydrogens (tertiary/aromatic N) is 6. The van der Waals surface area contributed by atoms with E-state index < -0.39 is 12.6 Å². The molecule has 4 aromatic rings. The van der Waals surface area contributed by atoms with Crippen molar-refractivity contribution in [3.05, 3.63) is 51.8 Å². The highest BCUT2D eigenvalue weighted by atomic mass is 32.1. The van der Waals surface area contributed by atoms with Crippen molar-refractivity contribution >= 4 is 44.2 Å². The van der Waals surface area contributed by atoms with Gasteiger partial charge in [0, 0.05) is 67.4 Å². The minimum Gasteiger partial charge on any atom is -0.359 e. The molecule has 9 rings (SSSR count). The molecule has 1 amide bonds. The van der Waals surface area contributed by atoms with Crippen LogP contribution in [-0.4, -0.2) is 64.7 Å². The van der Waals surface area contributed by atoms with Crippen molar-refractivity contribution in [1.82, 2.24) is 24.8 Å². The van der Waals surface area contributed by atoms with Crippen LogP contribution in [0.25, 0.3) is 21.1 Å². The number of alkyl halides is 3. The van der Waals surface area contributed by atoms with Crippen LogP contribution in [0.1, 0.15) is 66.6 Å². The monoisotopic (exact) mass is 675 g/mol. The van der Waals surface area contributed by atoms with E-state index in [-0.39, 0.29) is 27.0 Å². The maximum Gasteiger partial charge on any atom is 0.393 e. The Hall–Kier alpha value is -3.69. The molecule has 0 radical (unpaired) electrons. The zero-order chi connectivity index (χ0) is 33.6. The van der Waals surface area contributed by atoms with Crippen LogP contribution in [0.2, 0.25) is 0 Å². The molecule has 1 atom stereocenters. The van der Waals surface area contributed by atoms with E-state index in [0.29, 0.717) is 22.8 Å². The van der Waals surface area contributed by atoms with Crippen LogP contribution >= 0.6 is 11.3 Å². The van der Waals surface area contributed by atoms with E-state index in [1.54, 1.807) is 13.1 Å². The predicted molar refractivity (Wildman–Crippen MR) is 180 cm³/mol. The SMILES string of the molecule is CCc1nc(N2CCC3(CCN(Cc4ccc5c(cc(C#N)n5CC56CC(C(=O)NC)(C5)C6)c4C)C3)C2)c2cc(CC(F)(F)F)sc2n1. The molecule has 1 aromatic carbocycles. The molecule has 2 bridgehead atoms. The number of carbonyl (C=O) groups is 1. The van der Waals surface area contributed by atoms with Crippen molar-refractivity contribution in [2.24, 2.45) is 16.2 Å². The first-order chi connectivity index (χ1) is 22.9. The number of likely N-dealkylation sites (tertiary alicyclic amines) is 1. The highest BCUT2D eigenvalue weighted by Crippen LogP contribution is 2.74. The molecular weight excluding hydrogens is 636 g/mol. The molecule has 8 nitrogen and oxygen atoms in total. The number of anilines is 1. The summed E-state index contributed by atoms with van der Waals surface area (Å²) in [4.78, 5) is 27.5. The van der Waals surface area contributed by atoms with Crippen molar-refractivity contribution in [2.45, 2.75) is 78.1 Å². The number of benzene rings is 1. The third kappa shape index (κ3) is 5.07. The highest BCUT2D eigenvalue weighted by Gasteiger charge is 2.71. The summed E-state index contributed by atoms with van der Waals surface area (Å²) in [6, 6.07) is 10.5. The smallest absolute Gasteiger partial charge is 0.359 e. The molecule has 5 heterocycles. The van der Waals surface area contributed by atoms with Gasteiger partial charge in [-0.05, 0) is 80.3 Å². The number of nitrogens with one attached hydrogen (secondary N) is 1. The van der Waals surface area contributed by atoms with E-state index in [4.69, 9.17) is 4.98 Å². The lowest BCUT2D eigenvalue weighted by molar-refractivity contribution is -0.211. The van der Waals surface area contributed by atoms with Gasteiger partial charge in [-0.3, -0.25) is 9.69 Å². The second kappa shape index (κ2) is 10.9. The highest BCUT2D eigenvalue weighted by molar-refractivity contribution is 7.18. The Balaban J connectivity index is 0.977. The van der Waals surface area contributed by atoms with Crippen molar-refractivity contribution in [3.63, 3.8) is 0 Å². The lowest BCUT2D eigenvalue weighted by Gasteiger charge is -2.69. The van der Waals surface area contributed by atoms with Crippen LogP contribution in [0.4, 0.5) is 19.0 Å².